The lowest BCUT2D eigenvalue weighted by Gasteiger charge is -2.32. The van der Waals surface area contributed by atoms with Gasteiger partial charge >= 0.3 is 0 Å². The molecule has 0 aliphatic carbocycles. The summed E-state index contributed by atoms with van der Waals surface area (Å²) in [6.45, 7) is 2.93. The lowest BCUT2D eigenvalue weighted by molar-refractivity contribution is -0.140. The normalized spacial score (nSPS) is 13.5. The molecule has 1 saturated heterocycles. The van der Waals surface area contributed by atoms with Crippen molar-refractivity contribution in [2.24, 2.45) is 0 Å². The number of hydrogen-bond donors (Lipinski definition) is 1. The number of hydrogen-bond acceptors (Lipinski definition) is 9. The average Bonchev–Trinajstić information content (AvgIpc) is 3.54. The molecule has 12 nitrogen and oxygen atoms in total. The van der Waals surface area contributed by atoms with Crippen molar-refractivity contribution in [3.05, 3.63) is 102 Å². The number of nitrogens with zero attached hydrogens (tertiary/aromatic N) is 5. The summed E-state index contributed by atoms with van der Waals surface area (Å²) < 4.78 is 23.9. The van der Waals surface area contributed by atoms with Crippen molar-refractivity contribution in [3.63, 3.8) is 0 Å². The molecule has 1 atom stereocenters. The van der Waals surface area contributed by atoms with Crippen molar-refractivity contribution >= 4 is 34.2 Å². The highest BCUT2D eigenvalue weighted by Gasteiger charge is 2.34. The average molecular weight is 651 g/mol. The third-order valence-corrected chi connectivity index (χ3v) is 8.30. The Hall–Kier alpha value is -5.62. The summed E-state index contributed by atoms with van der Waals surface area (Å²) >= 11 is 0. The molecule has 1 fully saturated rings. The van der Waals surface area contributed by atoms with Crippen LogP contribution in [0.5, 0.6) is 17.2 Å². The Morgan fingerprint density at radius 2 is 1.54 bits per heavy atom. The van der Waals surface area contributed by atoms with Gasteiger partial charge in [-0.15, -0.1) is 5.10 Å². The van der Waals surface area contributed by atoms with E-state index in [1.165, 1.54) is 21.3 Å². The number of para-hydroxylation sites is 1. The molecular weight excluding hydrogens is 612 g/mol. The third-order valence-electron chi connectivity index (χ3n) is 8.30. The van der Waals surface area contributed by atoms with Gasteiger partial charge in [0.15, 0.2) is 11.5 Å². The van der Waals surface area contributed by atoms with E-state index in [2.05, 4.69) is 20.5 Å². The number of carbonyl (C=O) groups is 2. The molecule has 48 heavy (non-hydrogen) atoms. The number of benzene rings is 4. The van der Waals surface area contributed by atoms with Crippen molar-refractivity contribution < 1.29 is 28.5 Å². The SMILES string of the molecule is COc1cc(C(C(=O)Nc2ccc(N3CCOCC3)cc2)N(Cc2ccccc2)C(=O)Cn2nnc3ccccc32)cc(OC)c1OC. The van der Waals surface area contributed by atoms with Crippen LogP contribution in [0.1, 0.15) is 17.2 Å². The van der Waals surface area contributed by atoms with Gasteiger partial charge in [-0.05, 0) is 59.7 Å². The summed E-state index contributed by atoms with van der Waals surface area (Å²) in [4.78, 5) is 32.7. The summed E-state index contributed by atoms with van der Waals surface area (Å²) in [7, 11) is 4.53. The van der Waals surface area contributed by atoms with Crippen molar-refractivity contribution in [3.8, 4) is 17.2 Å². The van der Waals surface area contributed by atoms with E-state index >= 15 is 0 Å². The van der Waals surface area contributed by atoms with Crippen molar-refractivity contribution in [1.29, 1.82) is 0 Å². The minimum absolute atomic E-state index is 0.136. The monoisotopic (exact) mass is 650 g/mol. The van der Waals surface area contributed by atoms with E-state index in [9.17, 15) is 9.59 Å². The van der Waals surface area contributed by atoms with Crippen molar-refractivity contribution in [1.82, 2.24) is 19.9 Å². The zero-order valence-electron chi connectivity index (χ0n) is 27.2. The van der Waals surface area contributed by atoms with E-state index in [-0.39, 0.29) is 19.0 Å². The van der Waals surface area contributed by atoms with Crippen molar-refractivity contribution in [2.45, 2.75) is 19.1 Å². The molecule has 0 bridgehead atoms. The molecule has 0 saturated carbocycles. The molecule has 5 aromatic rings. The molecule has 1 aliphatic rings. The Kier molecular flexibility index (Phi) is 10.0. The Morgan fingerprint density at radius 1 is 0.875 bits per heavy atom. The zero-order valence-corrected chi connectivity index (χ0v) is 27.2. The van der Waals surface area contributed by atoms with Crippen LogP contribution >= 0.6 is 0 Å². The van der Waals surface area contributed by atoms with Crippen LogP contribution in [-0.2, 0) is 27.4 Å². The van der Waals surface area contributed by atoms with Crippen LogP contribution in [0, 0.1) is 0 Å². The van der Waals surface area contributed by atoms with Gasteiger partial charge in [0, 0.05) is 31.0 Å². The van der Waals surface area contributed by atoms with Crippen LogP contribution in [0.15, 0.2) is 91.0 Å². The molecule has 2 heterocycles. The molecule has 1 aliphatic heterocycles. The number of anilines is 2. The third kappa shape index (κ3) is 7.03. The number of morpholine rings is 1. The maximum Gasteiger partial charge on any atom is 0.251 e. The predicted octanol–water partition coefficient (Wildman–Crippen LogP) is 4.70. The van der Waals surface area contributed by atoms with Gasteiger partial charge in [0.2, 0.25) is 11.7 Å². The first-order valence-electron chi connectivity index (χ1n) is 15.6. The molecule has 4 aromatic carbocycles. The molecular formula is C36H38N6O6. The number of amides is 2. The second-order valence-electron chi connectivity index (χ2n) is 11.2. The quantitative estimate of drug-likeness (QED) is 0.205. The number of carbonyl (C=O) groups excluding carboxylic acids is 2. The van der Waals surface area contributed by atoms with E-state index in [0.29, 0.717) is 52.7 Å². The van der Waals surface area contributed by atoms with Crippen LogP contribution in [0.4, 0.5) is 11.4 Å². The fourth-order valence-electron chi connectivity index (χ4n) is 5.88. The van der Waals surface area contributed by atoms with Crippen LogP contribution in [0.3, 0.4) is 0 Å². The lowest BCUT2D eigenvalue weighted by Crippen LogP contribution is -2.42. The Bertz CT molecular complexity index is 1830. The number of aromatic nitrogens is 3. The van der Waals surface area contributed by atoms with E-state index in [1.54, 1.807) is 21.7 Å². The molecule has 1 N–H and O–H groups in total. The van der Waals surface area contributed by atoms with Gasteiger partial charge in [0.05, 0.1) is 40.1 Å². The maximum atomic E-state index is 14.5. The molecule has 1 unspecified atom stereocenters. The summed E-state index contributed by atoms with van der Waals surface area (Å²) in [5, 5.41) is 11.5. The smallest absolute Gasteiger partial charge is 0.251 e. The number of fused-ring (bicyclic) bond motifs is 1. The van der Waals surface area contributed by atoms with Crippen LogP contribution in [0.2, 0.25) is 0 Å². The highest BCUT2D eigenvalue weighted by Crippen LogP contribution is 2.41. The van der Waals surface area contributed by atoms with E-state index < -0.39 is 11.9 Å². The summed E-state index contributed by atoms with van der Waals surface area (Å²) in [6.07, 6.45) is 0. The summed E-state index contributed by atoms with van der Waals surface area (Å²) in [5.41, 5.74) is 4.32. The van der Waals surface area contributed by atoms with Crippen molar-refractivity contribution in [2.75, 3.05) is 57.8 Å². The summed E-state index contributed by atoms with van der Waals surface area (Å²) in [6, 6.07) is 26.9. The number of rotatable bonds is 12. The fourth-order valence-corrected chi connectivity index (χ4v) is 5.88. The van der Waals surface area contributed by atoms with Crippen LogP contribution in [-0.4, -0.2) is 79.3 Å². The van der Waals surface area contributed by atoms with Gasteiger partial charge in [-0.25, -0.2) is 4.68 Å². The first-order chi connectivity index (χ1) is 23.5. The lowest BCUT2D eigenvalue weighted by atomic mass is 10.0. The van der Waals surface area contributed by atoms with E-state index in [0.717, 1.165) is 24.3 Å². The van der Waals surface area contributed by atoms with E-state index in [4.69, 9.17) is 18.9 Å². The number of methoxy groups -OCH3 is 3. The molecule has 0 radical (unpaired) electrons. The highest BCUT2D eigenvalue weighted by molar-refractivity contribution is 5.98. The largest absolute Gasteiger partial charge is 0.493 e. The van der Waals surface area contributed by atoms with Gasteiger partial charge in [0.25, 0.3) is 5.91 Å². The standard InChI is InChI=1S/C36H38N6O6/c1-45-31-21-26(22-32(46-2)35(31)47-3)34(36(44)37-27-13-15-28(16-14-27)40-17-19-48-20-18-40)41(23-25-9-5-4-6-10-25)33(43)24-42-30-12-8-7-11-29(30)38-39-42/h4-16,21-22,34H,17-20,23-24H2,1-3H3,(H,37,44). The highest BCUT2D eigenvalue weighted by atomic mass is 16.5. The van der Waals surface area contributed by atoms with Gasteiger partial charge in [-0.2, -0.15) is 0 Å². The van der Waals surface area contributed by atoms with Gasteiger partial charge in [-0.1, -0.05) is 47.7 Å². The van der Waals surface area contributed by atoms with Gasteiger partial charge in [0.1, 0.15) is 18.1 Å². The first kappa shape index (κ1) is 32.3. The number of nitrogens with one attached hydrogen (secondary N) is 1. The molecule has 6 rings (SSSR count). The molecule has 248 valence electrons. The predicted molar refractivity (Wildman–Crippen MR) is 181 cm³/mol. The Labute approximate surface area is 278 Å². The minimum Gasteiger partial charge on any atom is -0.493 e. The topological polar surface area (TPSA) is 120 Å². The Balaban J connectivity index is 1.40. The minimum atomic E-state index is -1.11. The second kappa shape index (κ2) is 14.9. The molecule has 0 spiro atoms. The second-order valence-corrected chi connectivity index (χ2v) is 11.2. The van der Waals surface area contributed by atoms with E-state index in [1.807, 2.05) is 78.9 Å². The first-order valence-corrected chi connectivity index (χ1v) is 15.6. The molecule has 12 heteroatoms. The fraction of sp³-hybridized carbons (Fsp3) is 0.278. The maximum absolute atomic E-state index is 14.5. The van der Waals surface area contributed by atoms with Crippen LogP contribution < -0.4 is 24.4 Å². The zero-order chi connectivity index (χ0) is 33.5. The molecule has 2 amide bonds. The van der Waals surface area contributed by atoms with Gasteiger partial charge in [-0.3, -0.25) is 9.59 Å². The Morgan fingerprint density at radius 3 is 2.21 bits per heavy atom. The van der Waals surface area contributed by atoms with Gasteiger partial charge < -0.3 is 34.1 Å². The van der Waals surface area contributed by atoms with Crippen LogP contribution in [0.25, 0.3) is 11.0 Å². The number of ether oxygens (including phenoxy) is 4. The summed E-state index contributed by atoms with van der Waals surface area (Å²) in [5.74, 6) is 0.321. The molecule has 1 aromatic heterocycles.